The molecule has 10 heteroatoms. The van der Waals surface area contributed by atoms with Gasteiger partial charge in [0.2, 0.25) is 5.91 Å². The smallest absolute Gasteiger partial charge is 0.335 e. The van der Waals surface area contributed by atoms with Gasteiger partial charge >= 0.3 is 5.97 Å². The van der Waals surface area contributed by atoms with E-state index >= 15 is 0 Å². The van der Waals surface area contributed by atoms with Crippen LogP contribution < -0.4 is 15.5 Å². The van der Waals surface area contributed by atoms with E-state index < -0.39 is 23.1 Å². The number of aromatic nitrogens is 1. The first-order valence-electron chi connectivity index (χ1n) is 11.6. The fourth-order valence-corrected chi connectivity index (χ4v) is 4.80. The highest BCUT2D eigenvalue weighted by atomic mass is 35.5. The largest absolute Gasteiger partial charge is 0.478 e. The molecule has 192 valence electrons. The lowest BCUT2D eigenvalue weighted by Crippen LogP contribution is -2.65. The Kier molecular flexibility index (Phi) is 7.18. The molecule has 2 amide bonds. The Morgan fingerprint density at radius 1 is 1.14 bits per heavy atom. The van der Waals surface area contributed by atoms with Crippen LogP contribution in [0.3, 0.4) is 0 Å². The third-order valence-electron chi connectivity index (χ3n) is 6.58. The molecule has 1 aliphatic rings. The molecule has 1 fully saturated rings. The van der Waals surface area contributed by atoms with Crippen molar-refractivity contribution in [3.05, 3.63) is 88.0 Å². The van der Waals surface area contributed by atoms with Crippen LogP contribution >= 0.6 is 11.6 Å². The van der Waals surface area contributed by atoms with Gasteiger partial charge in [-0.05, 0) is 41.3 Å². The van der Waals surface area contributed by atoms with Gasteiger partial charge < -0.3 is 20.6 Å². The van der Waals surface area contributed by atoms with Crippen molar-refractivity contribution in [1.29, 1.82) is 0 Å². The average molecular weight is 525 g/mol. The summed E-state index contributed by atoms with van der Waals surface area (Å²) in [6.45, 7) is 4.33. The molecule has 0 bridgehead atoms. The summed E-state index contributed by atoms with van der Waals surface area (Å²) in [7, 11) is 1.47. The first kappa shape index (κ1) is 26.1. The molecule has 1 aliphatic heterocycles. The second-order valence-electron chi connectivity index (χ2n) is 9.24. The predicted molar refractivity (Wildman–Crippen MR) is 139 cm³/mol. The quantitative estimate of drug-likeness (QED) is 0.394. The first-order chi connectivity index (χ1) is 17.6. The lowest BCUT2D eigenvalue weighted by Gasteiger charge is -2.51. The van der Waals surface area contributed by atoms with Crippen LogP contribution in [-0.2, 0) is 10.2 Å². The number of carbonyl (C=O) groups excluding carboxylic acids is 2. The van der Waals surface area contributed by atoms with E-state index in [4.69, 9.17) is 16.7 Å². The van der Waals surface area contributed by atoms with Crippen molar-refractivity contribution < 1.29 is 23.9 Å². The molecule has 0 unspecified atom stereocenters. The highest BCUT2D eigenvalue weighted by molar-refractivity contribution is 6.30. The van der Waals surface area contributed by atoms with Crippen LogP contribution in [0.4, 0.5) is 15.8 Å². The van der Waals surface area contributed by atoms with Gasteiger partial charge in [-0.2, -0.15) is 0 Å². The van der Waals surface area contributed by atoms with E-state index in [1.54, 1.807) is 4.90 Å². The Hall–Kier alpha value is -3.98. The second kappa shape index (κ2) is 10.2. The summed E-state index contributed by atoms with van der Waals surface area (Å²) in [6, 6.07) is 12.7. The molecule has 3 aromatic rings. The van der Waals surface area contributed by atoms with Gasteiger partial charge in [-0.3, -0.25) is 9.59 Å². The summed E-state index contributed by atoms with van der Waals surface area (Å²) in [6.07, 6.45) is 1.33. The molecule has 2 aromatic carbocycles. The van der Waals surface area contributed by atoms with E-state index in [1.807, 2.05) is 38.1 Å². The number of carboxylic acids is 1. The molecule has 1 saturated heterocycles. The van der Waals surface area contributed by atoms with Crippen LogP contribution in [0.15, 0.2) is 54.7 Å². The lowest BCUT2D eigenvalue weighted by molar-refractivity contribution is -0.122. The maximum absolute atomic E-state index is 14.8. The Morgan fingerprint density at radius 3 is 2.46 bits per heavy atom. The number of amides is 2. The zero-order valence-electron chi connectivity index (χ0n) is 20.5. The molecule has 0 atom stereocenters. The number of pyridine rings is 1. The van der Waals surface area contributed by atoms with Crippen LogP contribution in [0.1, 0.15) is 51.6 Å². The Balaban J connectivity index is 1.74. The van der Waals surface area contributed by atoms with Gasteiger partial charge in [-0.15, -0.1) is 0 Å². The standard InChI is InChI=1S/C27H26ClFN4O4/c1-15(2)17-6-4-5-7-19(17)27(13-33(14-27)22-9-8-16(25(35)36)10-20(22)29)26(37)32-21-12-31-23(28)11-18(21)24(34)30-3/h4-12,15H,13-14H2,1-3H3,(H,30,34)(H,32,37)(H,35,36). The number of benzene rings is 2. The van der Waals surface area contributed by atoms with Crippen molar-refractivity contribution in [3.8, 4) is 0 Å². The van der Waals surface area contributed by atoms with E-state index in [9.17, 15) is 18.8 Å². The summed E-state index contributed by atoms with van der Waals surface area (Å²) in [5.41, 5.74) is 1.10. The second-order valence-corrected chi connectivity index (χ2v) is 9.62. The summed E-state index contributed by atoms with van der Waals surface area (Å²) >= 11 is 5.98. The normalized spacial score (nSPS) is 14.2. The number of hydrogen-bond donors (Lipinski definition) is 3. The van der Waals surface area contributed by atoms with Crippen LogP contribution in [0.5, 0.6) is 0 Å². The highest BCUT2D eigenvalue weighted by Crippen LogP contribution is 2.42. The molecule has 0 saturated carbocycles. The summed E-state index contributed by atoms with van der Waals surface area (Å²) < 4.78 is 14.8. The van der Waals surface area contributed by atoms with E-state index in [1.165, 1.54) is 31.4 Å². The maximum Gasteiger partial charge on any atom is 0.335 e. The van der Waals surface area contributed by atoms with Crippen LogP contribution in [0.2, 0.25) is 5.15 Å². The third-order valence-corrected chi connectivity index (χ3v) is 6.79. The Labute approximate surface area is 218 Å². The molecule has 8 nitrogen and oxygen atoms in total. The highest BCUT2D eigenvalue weighted by Gasteiger charge is 2.52. The van der Waals surface area contributed by atoms with Gasteiger partial charge in [0.15, 0.2) is 0 Å². The minimum Gasteiger partial charge on any atom is -0.478 e. The van der Waals surface area contributed by atoms with Crippen molar-refractivity contribution in [1.82, 2.24) is 10.3 Å². The van der Waals surface area contributed by atoms with Crippen LogP contribution in [0.25, 0.3) is 0 Å². The van der Waals surface area contributed by atoms with Gasteiger partial charge in [-0.1, -0.05) is 49.7 Å². The molecule has 4 rings (SSSR count). The number of nitrogens with one attached hydrogen (secondary N) is 2. The molecule has 2 heterocycles. The Bertz CT molecular complexity index is 1390. The maximum atomic E-state index is 14.8. The minimum absolute atomic E-state index is 0.103. The number of nitrogens with zero attached hydrogens (tertiary/aromatic N) is 2. The monoisotopic (exact) mass is 524 g/mol. The van der Waals surface area contributed by atoms with Crippen molar-refractivity contribution in [2.24, 2.45) is 0 Å². The van der Waals surface area contributed by atoms with E-state index in [0.717, 1.165) is 17.2 Å². The number of hydrogen-bond acceptors (Lipinski definition) is 5. The molecule has 3 N–H and O–H groups in total. The van der Waals surface area contributed by atoms with Crippen LogP contribution in [-0.4, -0.2) is 48.0 Å². The lowest BCUT2D eigenvalue weighted by atomic mass is 9.69. The van der Waals surface area contributed by atoms with E-state index in [2.05, 4.69) is 15.6 Å². The summed E-state index contributed by atoms with van der Waals surface area (Å²) in [5.74, 6) is -2.62. The van der Waals surface area contributed by atoms with Gasteiger partial charge in [0.05, 0.1) is 28.7 Å². The number of aromatic carboxylic acids is 1. The average Bonchev–Trinajstić information content (AvgIpc) is 2.84. The van der Waals surface area contributed by atoms with Crippen molar-refractivity contribution in [3.63, 3.8) is 0 Å². The van der Waals surface area contributed by atoms with Crippen LogP contribution in [0, 0.1) is 5.82 Å². The molecule has 0 spiro atoms. The van der Waals surface area contributed by atoms with E-state index in [-0.39, 0.29) is 52.6 Å². The molecule has 1 aromatic heterocycles. The number of carbonyl (C=O) groups is 3. The zero-order valence-corrected chi connectivity index (χ0v) is 21.3. The Morgan fingerprint density at radius 2 is 1.84 bits per heavy atom. The topological polar surface area (TPSA) is 112 Å². The van der Waals surface area contributed by atoms with Gasteiger partial charge in [0.25, 0.3) is 5.91 Å². The van der Waals surface area contributed by atoms with Gasteiger partial charge in [0.1, 0.15) is 16.4 Å². The minimum atomic E-state index is -1.22. The van der Waals surface area contributed by atoms with Crippen molar-refractivity contribution in [2.75, 3.05) is 30.4 Å². The summed E-state index contributed by atoms with van der Waals surface area (Å²) in [4.78, 5) is 43.3. The SMILES string of the molecule is CNC(=O)c1cc(Cl)ncc1NC(=O)C1(c2ccccc2C(C)C)CN(c2ccc(C(=O)O)cc2F)C1. The van der Waals surface area contributed by atoms with Crippen molar-refractivity contribution in [2.45, 2.75) is 25.2 Å². The molecule has 0 radical (unpaired) electrons. The molecular formula is C27H26ClFN4O4. The van der Waals surface area contributed by atoms with Crippen molar-refractivity contribution >= 4 is 40.8 Å². The summed E-state index contributed by atoms with van der Waals surface area (Å²) in [5, 5.41) is 14.6. The third kappa shape index (κ3) is 4.86. The molecule has 37 heavy (non-hydrogen) atoms. The van der Waals surface area contributed by atoms with E-state index in [0.29, 0.717) is 0 Å². The fourth-order valence-electron chi connectivity index (χ4n) is 4.64. The molecule has 0 aliphatic carbocycles. The zero-order chi connectivity index (χ0) is 26.9. The van der Waals surface area contributed by atoms with Gasteiger partial charge in [-0.25, -0.2) is 14.2 Å². The van der Waals surface area contributed by atoms with Gasteiger partial charge in [0, 0.05) is 20.1 Å². The first-order valence-corrected chi connectivity index (χ1v) is 12.0. The number of carboxylic acid groups (broad SMARTS) is 1. The number of halogens is 2. The fraction of sp³-hybridized carbons (Fsp3) is 0.259. The predicted octanol–water partition coefficient (Wildman–Crippen LogP) is 4.45. The number of rotatable bonds is 7. The molecular weight excluding hydrogens is 499 g/mol. The number of anilines is 2.